The van der Waals surface area contributed by atoms with Crippen LogP contribution < -0.4 is 5.32 Å². The molecule has 1 aliphatic rings. The minimum Gasteiger partial charge on any atom is -0.395 e. The van der Waals surface area contributed by atoms with E-state index in [0.717, 1.165) is 45.4 Å². The van der Waals surface area contributed by atoms with Gasteiger partial charge in [-0.15, -0.1) is 0 Å². The molecule has 116 valence electrons. The summed E-state index contributed by atoms with van der Waals surface area (Å²) in [5.41, 5.74) is 0. The SMILES string of the molecule is CC(=O)NCCCCCC(=O)N1CCN(CCO)CC1. The van der Waals surface area contributed by atoms with Crippen molar-refractivity contribution in [2.24, 2.45) is 0 Å². The molecule has 2 amide bonds. The van der Waals surface area contributed by atoms with Gasteiger partial charge < -0.3 is 15.3 Å². The van der Waals surface area contributed by atoms with E-state index < -0.39 is 0 Å². The second-order valence-corrected chi connectivity index (χ2v) is 5.24. The van der Waals surface area contributed by atoms with Gasteiger partial charge in [0.25, 0.3) is 0 Å². The highest BCUT2D eigenvalue weighted by Crippen LogP contribution is 2.07. The van der Waals surface area contributed by atoms with E-state index in [0.29, 0.717) is 19.5 Å². The molecule has 1 saturated heterocycles. The number of nitrogens with one attached hydrogen (secondary N) is 1. The van der Waals surface area contributed by atoms with Crippen molar-refractivity contribution >= 4 is 11.8 Å². The zero-order valence-electron chi connectivity index (χ0n) is 12.4. The molecule has 0 atom stereocenters. The van der Waals surface area contributed by atoms with Gasteiger partial charge in [0, 0.05) is 52.6 Å². The number of piperazine rings is 1. The van der Waals surface area contributed by atoms with Crippen molar-refractivity contribution in [1.29, 1.82) is 0 Å². The predicted octanol–water partition coefficient (Wildman–Crippen LogP) is -0.181. The van der Waals surface area contributed by atoms with E-state index >= 15 is 0 Å². The number of carbonyl (C=O) groups excluding carboxylic acids is 2. The molecule has 6 heteroatoms. The van der Waals surface area contributed by atoms with E-state index in [4.69, 9.17) is 5.11 Å². The second kappa shape index (κ2) is 9.72. The molecule has 0 unspecified atom stereocenters. The normalized spacial score (nSPS) is 16.2. The number of hydrogen-bond acceptors (Lipinski definition) is 4. The molecule has 0 spiro atoms. The maximum atomic E-state index is 12.0. The summed E-state index contributed by atoms with van der Waals surface area (Å²) < 4.78 is 0. The fourth-order valence-electron chi connectivity index (χ4n) is 2.36. The Balaban J connectivity index is 2.04. The van der Waals surface area contributed by atoms with Gasteiger partial charge >= 0.3 is 0 Å². The number of amides is 2. The fraction of sp³-hybridized carbons (Fsp3) is 0.857. The Morgan fingerprint density at radius 3 is 2.40 bits per heavy atom. The topological polar surface area (TPSA) is 72.9 Å². The minimum absolute atomic E-state index is 0.00169. The zero-order chi connectivity index (χ0) is 14.8. The number of carbonyl (C=O) groups is 2. The van der Waals surface area contributed by atoms with E-state index in [-0.39, 0.29) is 18.4 Å². The number of aliphatic hydroxyl groups excluding tert-OH is 1. The van der Waals surface area contributed by atoms with Crippen molar-refractivity contribution in [3.8, 4) is 0 Å². The molecule has 0 aliphatic carbocycles. The van der Waals surface area contributed by atoms with Gasteiger partial charge in [0.05, 0.1) is 6.61 Å². The molecule has 0 saturated carbocycles. The Labute approximate surface area is 121 Å². The van der Waals surface area contributed by atoms with Crippen LogP contribution in [0.25, 0.3) is 0 Å². The van der Waals surface area contributed by atoms with Crippen LogP contribution in [-0.2, 0) is 9.59 Å². The van der Waals surface area contributed by atoms with E-state index in [1.165, 1.54) is 6.92 Å². The Hall–Kier alpha value is -1.14. The molecule has 0 aromatic heterocycles. The van der Waals surface area contributed by atoms with Gasteiger partial charge in [0.15, 0.2) is 0 Å². The van der Waals surface area contributed by atoms with Crippen molar-refractivity contribution < 1.29 is 14.7 Å². The number of hydrogen-bond donors (Lipinski definition) is 2. The summed E-state index contributed by atoms with van der Waals surface area (Å²) in [6.45, 7) is 6.34. The maximum Gasteiger partial charge on any atom is 0.222 e. The highest BCUT2D eigenvalue weighted by atomic mass is 16.3. The summed E-state index contributed by atoms with van der Waals surface area (Å²) >= 11 is 0. The lowest BCUT2D eigenvalue weighted by Crippen LogP contribution is -2.49. The van der Waals surface area contributed by atoms with E-state index in [2.05, 4.69) is 10.2 Å². The van der Waals surface area contributed by atoms with Crippen LogP contribution in [0.4, 0.5) is 0 Å². The first kappa shape index (κ1) is 16.9. The first-order chi connectivity index (χ1) is 9.63. The summed E-state index contributed by atoms with van der Waals surface area (Å²) in [5.74, 6) is 0.231. The third-order valence-corrected chi connectivity index (χ3v) is 3.58. The molecule has 1 aliphatic heterocycles. The third-order valence-electron chi connectivity index (χ3n) is 3.58. The standard InChI is InChI=1S/C14H27N3O3/c1-13(19)15-6-4-2-3-5-14(20)17-9-7-16(8-10-17)11-12-18/h18H,2-12H2,1H3,(H,15,19). The van der Waals surface area contributed by atoms with Crippen LogP contribution in [0, 0.1) is 0 Å². The van der Waals surface area contributed by atoms with Crippen LogP contribution in [0.3, 0.4) is 0 Å². The van der Waals surface area contributed by atoms with E-state index in [9.17, 15) is 9.59 Å². The molecular formula is C14H27N3O3. The van der Waals surface area contributed by atoms with Crippen LogP contribution >= 0.6 is 0 Å². The van der Waals surface area contributed by atoms with Crippen molar-refractivity contribution in [3.05, 3.63) is 0 Å². The smallest absolute Gasteiger partial charge is 0.222 e. The van der Waals surface area contributed by atoms with Gasteiger partial charge in [-0.1, -0.05) is 6.42 Å². The van der Waals surface area contributed by atoms with Crippen molar-refractivity contribution in [2.75, 3.05) is 45.9 Å². The van der Waals surface area contributed by atoms with Crippen LogP contribution in [0.2, 0.25) is 0 Å². The van der Waals surface area contributed by atoms with Crippen LogP contribution in [0.5, 0.6) is 0 Å². The minimum atomic E-state index is 0.00169. The first-order valence-electron chi connectivity index (χ1n) is 7.49. The number of aliphatic hydroxyl groups is 1. The third kappa shape index (κ3) is 6.86. The second-order valence-electron chi connectivity index (χ2n) is 5.24. The number of rotatable bonds is 8. The lowest BCUT2D eigenvalue weighted by atomic mass is 10.1. The quantitative estimate of drug-likeness (QED) is 0.607. The molecule has 1 rings (SSSR count). The fourth-order valence-corrected chi connectivity index (χ4v) is 2.36. The van der Waals surface area contributed by atoms with Crippen LogP contribution in [0.1, 0.15) is 32.6 Å². The van der Waals surface area contributed by atoms with Crippen molar-refractivity contribution in [3.63, 3.8) is 0 Å². The lowest BCUT2D eigenvalue weighted by molar-refractivity contribution is -0.133. The average molecular weight is 285 g/mol. The molecule has 0 aromatic carbocycles. The largest absolute Gasteiger partial charge is 0.395 e. The summed E-state index contributed by atoms with van der Waals surface area (Å²) in [6.07, 6.45) is 3.38. The Kier molecular flexibility index (Phi) is 8.22. The Morgan fingerprint density at radius 2 is 1.80 bits per heavy atom. The highest BCUT2D eigenvalue weighted by Gasteiger charge is 2.19. The van der Waals surface area contributed by atoms with E-state index in [1.807, 2.05) is 4.90 Å². The molecule has 2 N–H and O–H groups in total. The van der Waals surface area contributed by atoms with Crippen LogP contribution in [0.15, 0.2) is 0 Å². The molecule has 1 fully saturated rings. The molecule has 6 nitrogen and oxygen atoms in total. The predicted molar refractivity (Wildman–Crippen MR) is 77.3 cm³/mol. The molecule has 0 bridgehead atoms. The van der Waals surface area contributed by atoms with Gasteiger partial charge in [-0.25, -0.2) is 0 Å². The van der Waals surface area contributed by atoms with Crippen molar-refractivity contribution in [1.82, 2.24) is 15.1 Å². The molecule has 1 heterocycles. The average Bonchev–Trinajstić information content (AvgIpc) is 2.43. The lowest BCUT2D eigenvalue weighted by Gasteiger charge is -2.34. The van der Waals surface area contributed by atoms with Gasteiger partial charge in [-0.3, -0.25) is 14.5 Å². The maximum absolute atomic E-state index is 12.0. The zero-order valence-corrected chi connectivity index (χ0v) is 12.4. The van der Waals surface area contributed by atoms with Crippen LogP contribution in [-0.4, -0.2) is 72.6 Å². The Morgan fingerprint density at radius 1 is 1.10 bits per heavy atom. The first-order valence-corrected chi connectivity index (χ1v) is 7.49. The summed E-state index contributed by atoms with van der Waals surface area (Å²) in [5, 5.41) is 11.6. The number of unbranched alkanes of at least 4 members (excludes halogenated alkanes) is 2. The van der Waals surface area contributed by atoms with Crippen molar-refractivity contribution in [2.45, 2.75) is 32.6 Å². The number of nitrogens with zero attached hydrogens (tertiary/aromatic N) is 2. The number of β-amino-alcohol motifs (C(OH)–C–C–N with tert-alkyl or cyclic N) is 1. The molecular weight excluding hydrogens is 258 g/mol. The van der Waals surface area contributed by atoms with Gasteiger partial charge in [0.1, 0.15) is 0 Å². The molecule has 20 heavy (non-hydrogen) atoms. The Bertz CT molecular complexity index is 302. The summed E-state index contributed by atoms with van der Waals surface area (Å²) in [4.78, 5) is 26.8. The van der Waals surface area contributed by atoms with Gasteiger partial charge in [-0.05, 0) is 12.8 Å². The molecule has 0 radical (unpaired) electrons. The highest BCUT2D eigenvalue weighted by molar-refractivity contribution is 5.76. The van der Waals surface area contributed by atoms with E-state index in [1.54, 1.807) is 0 Å². The summed E-state index contributed by atoms with van der Waals surface area (Å²) in [6, 6.07) is 0. The monoisotopic (exact) mass is 285 g/mol. The van der Waals surface area contributed by atoms with Gasteiger partial charge in [-0.2, -0.15) is 0 Å². The summed E-state index contributed by atoms with van der Waals surface area (Å²) in [7, 11) is 0. The molecule has 0 aromatic rings. The van der Waals surface area contributed by atoms with Gasteiger partial charge in [0.2, 0.25) is 11.8 Å².